The highest BCUT2D eigenvalue weighted by molar-refractivity contribution is 5.95. The lowest BCUT2D eigenvalue weighted by Crippen LogP contribution is -2.27. The van der Waals surface area contributed by atoms with Crippen molar-refractivity contribution in [2.45, 2.75) is 19.3 Å². The van der Waals surface area contributed by atoms with Crippen LogP contribution in [0, 0.1) is 23.3 Å². The Balaban J connectivity index is 1.52. The number of rotatable bonds is 12. The molecule has 2 rings (SSSR count). The van der Waals surface area contributed by atoms with Crippen molar-refractivity contribution in [1.29, 1.82) is 0 Å². The molecule has 2 aromatic carbocycles. The standard InChI is InChI=1S/C23H22F4N2O6/c24-14-2-4-16(18(26)12-14)22(32)28-8-6-20(30)34-10-1-11-35-21(31)7-9-29-23(33)17-5-3-15(25)13-19(17)27/h2-5,12-13H,1,6-11H2,(H,28,32)(H,29,33). The van der Waals surface area contributed by atoms with E-state index in [1.807, 2.05) is 0 Å². The summed E-state index contributed by atoms with van der Waals surface area (Å²) >= 11 is 0. The molecule has 2 N–H and O–H groups in total. The third kappa shape index (κ3) is 9.43. The smallest absolute Gasteiger partial charge is 0.307 e. The van der Waals surface area contributed by atoms with Gasteiger partial charge in [0, 0.05) is 31.6 Å². The monoisotopic (exact) mass is 498 g/mol. The summed E-state index contributed by atoms with van der Waals surface area (Å²) in [5, 5.41) is 4.62. The Morgan fingerprint density at radius 3 is 1.43 bits per heavy atom. The van der Waals surface area contributed by atoms with E-state index < -0.39 is 47.0 Å². The van der Waals surface area contributed by atoms with Gasteiger partial charge in [-0.2, -0.15) is 0 Å². The van der Waals surface area contributed by atoms with E-state index in [9.17, 15) is 36.7 Å². The fraction of sp³-hybridized carbons (Fsp3) is 0.304. The Morgan fingerprint density at radius 2 is 1.06 bits per heavy atom. The summed E-state index contributed by atoms with van der Waals surface area (Å²) < 4.78 is 62.5. The van der Waals surface area contributed by atoms with Gasteiger partial charge in [0.1, 0.15) is 23.3 Å². The van der Waals surface area contributed by atoms with Gasteiger partial charge in [0.2, 0.25) is 0 Å². The molecule has 0 spiro atoms. The van der Waals surface area contributed by atoms with E-state index in [0.717, 1.165) is 24.3 Å². The van der Waals surface area contributed by atoms with Crippen LogP contribution in [0.3, 0.4) is 0 Å². The molecular weight excluding hydrogens is 476 g/mol. The van der Waals surface area contributed by atoms with Crippen LogP contribution in [0.15, 0.2) is 36.4 Å². The zero-order chi connectivity index (χ0) is 25.8. The highest BCUT2D eigenvalue weighted by Gasteiger charge is 2.14. The average Bonchev–Trinajstić information content (AvgIpc) is 2.78. The zero-order valence-electron chi connectivity index (χ0n) is 18.4. The summed E-state index contributed by atoms with van der Waals surface area (Å²) in [5.41, 5.74) is -0.715. The van der Waals surface area contributed by atoms with Crippen molar-refractivity contribution in [2.75, 3.05) is 26.3 Å². The summed E-state index contributed by atoms with van der Waals surface area (Å²) in [4.78, 5) is 46.9. The Morgan fingerprint density at radius 1 is 0.657 bits per heavy atom. The summed E-state index contributed by atoms with van der Waals surface area (Å²) in [7, 11) is 0. The van der Waals surface area contributed by atoms with Gasteiger partial charge < -0.3 is 20.1 Å². The minimum atomic E-state index is -1.02. The van der Waals surface area contributed by atoms with Crippen molar-refractivity contribution in [3.05, 3.63) is 70.8 Å². The molecule has 12 heteroatoms. The largest absolute Gasteiger partial charge is 0.465 e. The van der Waals surface area contributed by atoms with Gasteiger partial charge in [0.15, 0.2) is 0 Å². The number of ether oxygens (including phenoxy) is 2. The van der Waals surface area contributed by atoms with E-state index in [1.165, 1.54) is 0 Å². The summed E-state index contributed by atoms with van der Waals surface area (Å²) in [6.45, 7) is -0.380. The molecule has 0 saturated carbocycles. The molecule has 0 atom stereocenters. The molecule has 0 fully saturated rings. The Bertz CT molecular complexity index is 996. The molecule has 0 aromatic heterocycles. The first-order chi connectivity index (χ1) is 16.7. The summed E-state index contributed by atoms with van der Waals surface area (Å²) in [6.07, 6.45) is -0.191. The second-order valence-electron chi connectivity index (χ2n) is 7.05. The van der Waals surface area contributed by atoms with Crippen LogP contribution < -0.4 is 10.6 Å². The van der Waals surface area contributed by atoms with Crippen LogP contribution in [0.4, 0.5) is 17.6 Å². The molecule has 0 unspecified atom stereocenters. The van der Waals surface area contributed by atoms with Crippen molar-refractivity contribution in [3.63, 3.8) is 0 Å². The van der Waals surface area contributed by atoms with Crippen molar-refractivity contribution in [1.82, 2.24) is 10.6 Å². The second-order valence-corrected chi connectivity index (χ2v) is 7.05. The molecule has 8 nitrogen and oxygen atoms in total. The normalized spacial score (nSPS) is 10.4. The molecule has 188 valence electrons. The van der Waals surface area contributed by atoms with Crippen LogP contribution in [0.5, 0.6) is 0 Å². The number of amides is 2. The van der Waals surface area contributed by atoms with Gasteiger partial charge in [-0.1, -0.05) is 0 Å². The average molecular weight is 498 g/mol. The summed E-state index contributed by atoms with van der Waals surface area (Å²) in [6, 6.07) is 4.98. The van der Waals surface area contributed by atoms with Crippen LogP contribution in [0.2, 0.25) is 0 Å². The first-order valence-electron chi connectivity index (χ1n) is 10.4. The summed E-state index contributed by atoms with van der Waals surface area (Å²) in [5.74, 6) is -6.59. The maximum absolute atomic E-state index is 13.5. The molecule has 0 heterocycles. The number of carbonyl (C=O) groups is 4. The number of nitrogens with one attached hydrogen (secondary N) is 2. The van der Waals surface area contributed by atoms with Gasteiger partial charge in [0.25, 0.3) is 11.8 Å². The van der Waals surface area contributed by atoms with Gasteiger partial charge in [-0.05, 0) is 24.3 Å². The maximum atomic E-state index is 13.5. The number of carbonyl (C=O) groups excluding carboxylic acids is 4. The van der Waals surface area contributed by atoms with Crippen molar-refractivity contribution in [2.24, 2.45) is 0 Å². The highest BCUT2D eigenvalue weighted by atomic mass is 19.1. The van der Waals surface area contributed by atoms with Crippen molar-refractivity contribution < 1.29 is 46.2 Å². The second kappa shape index (κ2) is 13.7. The fourth-order valence-corrected chi connectivity index (χ4v) is 2.67. The minimum absolute atomic E-state index is 0.0623. The molecule has 2 aromatic rings. The number of benzene rings is 2. The SMILES string of the molecule is O=C(CCNC(=O)c1ccc(F)cc1F)OCCCOC(=O)CCNC(=O)c1ccc(F)cc1F. The molecule has 0 radical (unpaired) electrons. The lowest BCUT2D eigenvalue weighted by molar-refractivity contribution is -0.145. The molecule has 2 amide bonds. The predicted octanol–water partition coefficient (Wildman–Crippen LogP) is 2.66. The number of hydrogen-bond donors (Lipinski definition) is 2. The topological polar surface area (TPSA) is 111 Å². The predicted molar refractivity (Wildman–Crippen MR) is 113 cm³/mol. The maximum Gasteiger partial charge on any atom is 0.307 e. The van der Waals surface area contributed by atoms with E-state index in [0.29, 0.717) is 12.1 Å². The highest BCUT2D eigenvalue weighted by Crippen LogP contribution is 2.10. The van der Waals surface area contributed by atoms with Crippen molar-refractivity contribution in [3.8, 4) is 0 Å². The van der Waals surface area contributed by atoms with Crippen molar-refractivity contribution >= 4 is 23.8 Å². The Labute approximate surface area is 197 Å². The quantitative estimate of drug-likeness (QED) is 0.265. The van der Waals surface area contributed by atoms with E-state index in [-0.39, 0.29) is 56.7 Å². The number of esters is 2. The van der Waals surface area contributed by atoms with E-state index >= 15 is 0 Å². The van der Waals surface area contributed by atoms with Crippen LogP contribution in [0.1, 0.15) is 40.0 Å². The van der Waals surface area contributed by atoms with Crippen LogP contribution >= 0.6 is 0 Å². The lowest BCUT2D eigenvalue weighted by atomic mass is 10.2. The fourth-order valence-electron chi connectivity index (χ4n) is 2.67. The van der Waals surface area contributed by atoms with E-state index in [4.69, 9.17) is 9.47 Å². The number of halogens is 4. The molecule has 0 aliphatic heterocycles. The molecule has 0 bridgehead atoms. The van der Waals surface area contributed by atoms with Gasteiger partial charge in [-0.3, -0.25) is 19.2 Å². The minimum Gasteiger partial charge on any atom is -0.465 e. The lowest BCUT2D eigenvalue weighted by Gasteiger charge is -2.08. The molecule has 35 heavy (non-hydrogen) atoms. The zero-order valence-corrected chi connectivity index (χ0v) is 18.4. The first-order valence-corrected chi connectivity index (χ1v) is 10.4. The van der Waals surface area contributed by atoms with Gasteiger partial charge in [0.05, 0.1) is 37.2 Å². The first kappa shape index (κ1) is 27.3. The van der Waals surface area contributed by atoms with E-state index in [2.05, 4.69) is 10.6 Å². The molecule has 0 aliphatic carbocycles. The van der Waals surface area contributed by atoms with Crippen LogP contribution in [0.25, 0.3) is 0 Å². The molecule has 0 saturated heterocycles. The third-order valence-corrected chi connectivity index (χ3v) is 4.40. The van der Waals surface area contributed by atoms with Gasteiger partial charge in [-0.15, -0.1) is 0 Å². The Hall–Kier alpha value is -3.96. The molecular formula is C23H22F4N2O6. The van der Waals surface area contributed by atoms with Crippen LogP contribution in [-0.4, -0.2) is 50.1 Å². The third-order valence-electron chi connectivity index (χ3n) is 4.40. The van der Waals surface area contributed by atoms with E-state index in [1.54, 1.807) is 0 Å². The van der Waals surface area contributed by atoms with Crippen LogP contribution in [-0.2, 0) is 19.1 Å². The van der Waals surface area contributed by atoms with Gasteiger partial charge >= 0.3 is 11.9 Å². The molecule has 0 aliphatic rings. The van der Waals surface area contributed by atoms with Gasteiger partial charge in [-0.25, -0.2) is 17.6 Å². The number of hydrogen-bond acceptors (Lipinski definition) is 6. The Kier molecular flexibility index (Phi) is 10.7.